The van der Waals surface area contributed by atoms with Gasteiger partial charge in [0.2, 0.25) is 0 Å². The van der Waals surface area contributed by atoms with Crippen molar-refractivity contribution in [2.45, 2.75) is 26.0 Å². The van der Waals surface area contributed by atoms with E-state index in [0.717, 1.165) is 5.56 Å². The molecular formula is C19H23FN2O3. The Morgan fingerprint density at radius 2 is 1.92 bits per heavy atom. The fourth-order valence-corrected chi connectivity index (χ4v) is 2.39. The van der Waals surface area contributed by atoms with Gasteiger partial charge in [-0.15, -0.1) is 0 Å². The molecule has 134 valence electrons. The average Bonchev–Trinajstić information content (AvgIpc) is 2.56. The number of methoxy groups -OCH3 is 1. The highest BCUT2D eigenvalue weighted by molar-refractivity contribution is 5.89. The summed E-state index contributed by atoms with van der Waals surface area (Å²) >= 11 is 0. The van der Waals surface area contributed by atoms with E-state index in [1.165, 1.54) is 30.2 Å². The molecule has 0 fully saturated rings. The van der Waals surface area contributed by atoms with E-state index in [2.05, 4.69) is 5.32 Å². The van der Waals surface area contributed by atoms with Crippen LogP contribution in [0, 0.1) is 5.82 Å². The van der Waals surface area contributed by atoms with Crippen molar-refractivity contribution in [1.29, 1.82) is 0 Å². The minimum absolute atomic E-state index is 0.0261. The lowest BCUT2D eigenvalue weighted by atomic mass is 10.1. The van der Waals surface area contributed by atoms with E-state index in [9.17, 15) is 14.3 Å². The number of amides is 2. The van der Waals surface area contributed by atoms with E-state index in [0.29, 0.717) is 12.3 Å². The third kappa shape index (κ3) is 5.76. The van der Waals surface area contributed by atoms with Crippen LogP contribution >= 0.6 is 0 Å². The Kier molecular flexibility index (Phi) is 5.98. The number of nitrogens with one attached hydrogen (secondary N) is 1. The van der Waals surface area contributed by atoms with Crippen LogP contribution in [0.3, 0.4) is 0 Å². The Hall–Kier alpha value is -2.60. The van der Waals surface area contributed by atoms with Crippen LogP contribution in [0.1, 0.15) is 19.4 Å². The summed E-state index contributed by atoms with van der Waals surface area (Å²) in [4.78, 5) is 14.1. The molecule has 0 aliphatic rings. The van der Waals surface area contributed by atoms with Crippen molar-refractivity contribution < 1.29 is 19.0 Å². The van der Waals surface area contributed by atoms with Gasteiger partial charge in [0.05, 0.1) is 24.9 Å². The maximum Gasteiger partial charge on any atom is 0.322 e. The van der Waals surface area contributed by atoms with Gasteiger partial charge in [-0.2, -0.15) is 0 Å². The van der Waals surface area contributed by atoms with Crippen LogP contribution in [0.25, 0.3) is 0 Å². The zero-order valence-corrected chi connectivity index (χ0v) is 14.6. The van der Waals surface area contributed by atoms with E-state index in [1.54, 1.807) is 13.8 Å². The van der Waals surface area contributed by atoms with Gasteiger partial charge in [-0.1, -0.05) is 30.3 Å². The summed E-state index contributed by atoms with van der Waals surface area (Å²) in [5, 5.41) is 12.7. The first-order valence-corrected chi connectivity index (χ1v) is 7.94. The van der Waals surface area contributed by atoms with Crippen molar-refractivity contribution in [2.24, 2.45) is 0 Å². The predicted molar refractivity (Wildman–Crippen MR) is 95.1 cm³/mol. The second-order valence-electron chi connectivity index (χ2n) is 6.43. The Bertz CT molecular complexity index is 714. The number of carbonyl (C=O) groups is 1. The number of hydrogen-bond donors (Lipinski definition) is 2. The summed E-state index contributed by atoms with van der Waals surface area (Å²) in [6.45, 7) is 3.62. The molecule has 0 heterocycles. The van der Waals surface area contributed by atoms with Gasteiger partial charge >= 0.3 is 6.03 Å². The Morgan fingerprint density at radius 3 is 2.52 bits per heavy atom. The predicted octanol–water partition coefficient (Wildman–Crippen LogP) is 3.64. The van der Waals surface area contributed by atoms with Gasteiger partial charge in [-0.3, -0.25) is 0 Å². The summed E-state index contributed by atoms with van der Waals surface area (Å²) < 4.78 is 19.0. The topological polar surface area (TPSA) is 61.8 Å². The number of anilines is 1. The Morgan fingerprint density at radius 1 is 1.24 bits per heavy atom. The van der Waals surface area contributed by atoms with Crippen LogP contribution < -0.4 is 10.1 Å². The number of benzene rings is 2. The number of aliphatic hydroxyl groups is 1. The lowest BCUT2D eigenvalue weighted by Crippen LogP contribution is -2.43. The minimum Gasteiger partial charge on any atom is -0.497 e. The SMILES string of the molecule is COc1ccc(F)c(NC(=O)N(Cc2ccccc2)CC(C)(C)O)c1. The first-order valence-electron chi connectivity index (χ1n) is 7.94. The standard InChI is InChI=1S/C19H23FN2O3/c1-19(2,24)13-22(12-14-7-5-4-6-8-14)18(23)21-17-11-15(25-3)9-10-16(17)20/h4-11,24H,12-13H2,1-3H3,(H,21,23). The van der Waals surface area contributed by atoms with Crippen molar-refractivity contribution >= 4 is 11.7 Å². The summed E-state index contributed by atoms with van der Waals surface area (Å²) in [6, 6.07) is 13.0. The van der Waals surface area contributed by atoms with Gasteiger partial charge in [0.1, 0.15) is 11.6 Å². The van der Waals surface area contributed by atoms with Crippen LogP contribution in [0.15, 0.2) is 48.5 Å². The second-order valence-corrected chi connectivity index (χ2v) is 6.43. The average molecular weight is 346 g/mol. The number of ether oxygens (including phenoxy) is 1. The summed E-state index contributed by atoms with van der Waals surface area (Å²) in [6.07, 6.45) is 0. The Balaban J connectivity index is 2.20. The van der Waals surface area contributed by atoms with Gasteiger partial charge < -0.3 is 20.1 Å². The molecule has 0 aliphatic heterocycles. The number of rotatable bonds is 6. The van der Waals surface area contributed by atoms with E-state index in [4.69, 9.17) is 4.74 Å². The molecule has 0 radical (unpaired) electrons. The Labute approximate surface area is 147 Å². The molecule has 5 nitrogen and oxygen atoms in total. The largest absolute Gasteiger partial charge is 0.497 e. The molecule has 6 heteroatoms. The van der Waals surface area contributed by atoms with Crippen LogP contribution in [-0.2, 0) is 6.54 Å². The fraction of sp³-hybridized carbons (Fsp3) is 0.316. The molecule has 0 unspecified atom stereocenters. The van der Waals surface area contributed by atoms with Gasteiger partial charge in [0.15, 0.2) is 0 Å². The first-order chi connectivity index (χ1) is 11.8. The molecule has 2 N–H and O–H groups in total. The molecule has 25 heavy (non-hydrogen) atoms. The summed E-state index contributed by atoms with van der Waals surface area (Å²) in [5.74, 6) is -0.120. The van der Waals surface area contributed by atoms with E-state index in [-0.39, 0.29) is 12.2 Å². The highest BCUT2D eigenvalue weighted by atomic mass is 19.1. The van der Waals surface area contributed by atoms with E-state index >= 15 is 0 Å². The molecule has 0 bridgehead atoms. The number of halogens is 1. The first kappa shape index (κ1) is 18.7. The normalized spacial score (nSPS) is 11.1. The maximum absolute atomic E-state index is 14.0. The van der Waals surface area contributed by atoms with Crippen molar-refractivity contribution in [3.63, 3.8) is 0 Å². The minimum atomic E-state index is -1.08. The zero-order chi connectivity index (χ0) is 18.4. The molecule has 2 aromatic carbocycles. The highest BCUT2D eigenvalue weighted by Gasteiger charge is 2.23. The molecular weight excluding hydrogens is 323 g/mol. The molecule has 0 atom stereocenters. The molecule has 0 saturated carbocycles. The maximum atomic E-state index is 14.0. The number of nitrogens with zero attached hydrogens (tertiary/aromatic N) is 1. The molecule has 2 amide bonds. The fourth-order valence-electron chi connectivity index (χ4n) is 2.39. The lowest BCUT2D eigenvalue weighted by molar-refractivity contribution is 0.0469. The van der Waals surface area contributed by atoms with Gasteiger partial charge in [0, 0.05) is 12.6 Å². The van der Waals surface area contributed by atoms with Gasteiger partial charge in [-0.25, -0.2) is 9.18 Å². The van der Waals surface area contributed by atoms with E-state index < -0.39 is 17.4 Å². The third-order valence-electron chi connectivity index (χ3n) is 3.50. The highest BCUT2D eigenvalue weighted by Crippen LogP contribution is 2.22. The van der Waals surface area contributed by atoms with Crippen LogP contribution in [-0.4, -0.2) is 35.3 Å². The van der Waals surface area contributed by atoms with Crippen LogP contribution in [0.4, 0.5) is 14.9 Å². The van der Waals surface area contributed by atoms with Crippen molar-refractivity contribution in [3.8, 4) is 5.75 Å². The molecule has 2 rings (SSSR count). The zero-order valence-electron chi connectivity index (χ0n) is 14.6. The molecule has 0 aliphatic carbocycles. The lowest BCUT2D eigenvalue weighted by Gasteiger charge is -2.29. The van der Waals surface area contributed by atoms with Crippen molar-refractivity contribution in [2.75, 3.05) is 19.0 Å². The number of hydrogen-bond acceptors (Lipinski definition) is 3. The smallest absolute Gasteiger partial charge is 0.322 e. The van der Waals surface area contributed by atoms with E-state index in [1.807, 2.05) is 30.3 Å². The molecule has 0 spiro atoms. The second kappa shape index (κ2) is 7.98. The molecule has 0 aromatic heterocycles. The number of urea groups is 1. The molecule has 2 aromatic rings. The third-order valence-corrected chi connectivity index (χ3v) is 3.50. The van der Waals surface area contributed by atoms with Gasteiger partial charge in [0.25, 0.3) is 0 Å². The number of carbonyl (C=O) groups excluding carboxylic acids is 1. The monoisotopic (exact) mass is 346 g/mol. The van der Waals surface area contributed by atoms with Crippen LogP contribution in [0.5, 0.6) is 5.75 Å². The quantitative estimate of drug-likeness (QED) is 0.839. The summed E-state index contributed by atoms with van der Waals surface area (Å²) in [7, 11) is 1.47. The van der Waals surface area contributed by atoms with Crippen molar-refractivity contribution in [1.82, 2.24) is 4.90 Å². The van der Waals surface area contributed by atoms with Gasteiger partial charge in [-0.05, 0) is 31.5 Å². The summed E-state index contributed by atoms with van der Waals surface area (Å²) in [5.41, 5.74) is -0.148. The van der Waals surface area contributed by atoms with Crippen LogP contribution in [0.2, 0.25) is 0 Å². The molecule has 0 saturated heterocycles. The van der Waals surface area contributed by atoms with Crippen molar-refractivity contribution in [3.05, 3.63) is 59.9 Å².